The van der Waals surface area contributed by atoms with E-state index in [9.17, 15) is 9.18 Å². The quantitative estimate of drug-likeness (QED) is 0.812. The third-order valence-electron chi connectivity index (χ3n) is 4.44. The number of benzene rings is 2. The molecule has 4 nitrogen and oxygen atoms in total. The third-order valence-corrected chi connectivity index (χ3v) is 5.53. The Balaban J connectivity index is 1.65. The molecular formula is C18H17Cl3FN3O. The number of carbonyl (C=O) groups is 1. The van der Waals surface area contributed by atoms with Crippen LogP contribution in [0.4, 0.5) is 10.1 Å². The van der Waals surface area contributed by atoms with Crippen molar-refractivity contribution < 1.29 is 9.18 Å². The Morgan fingerprint density at radius 3 is 2.31 bits per heavy atom. The Labute approximate surface area is 166 Å². The van der Waals surface area contributed by atoms with Gasteiger partial charge in [0.1, 0.15) is 5.82 Å². The van der Waals surface area contributed by atoms with Crippen molar-refractivity contribution in [2.75, 3.05) is 31.1 Å². The van der Waals surface area contributed by atoms with Gasteiger partial charge in [-0.1, -0.05) is 34.8 Å². The number of primary amides is 1. The van der Waals surface area contributed by atoms with Crippen LogP contribution in [-0.4, -0.2) is 37.0 Å². The lowest BCUT2D eigenvalue weighted by Crippen LogP contribution is -2.46. The van der Waals surface area contributed by atoms with Crippen molar-refractivity contribution in [2.45, 2.75) is 6.54 Å². The average molecular weight is 417 g/mol. The fraction of sp³-hybridized carbons (Fsp3) is 0.278. The lowest BCUT2D eigenvalue weighted by molar-refractivity contribution is 0.0996. The van der Waals surface area contributed by atoms with Crippen LogP contribution in [0, 0.1) is 5.82 Å². The highest BCUT2D eigenvalue weighted by Crippen LogP contribution is 2.28. The Kier molecular flexibility index (Phi) is 5.92. The largest absolute Gasteiger partial charge is 0.369 e. The summed E-state index contributed by atoms with van der Waals surface area (Å²) in [5.41, 5.74) is 6.60. The van der Waals surface area contributed by atoms with E-state index in [0.29, 0.717) is 27.2 Å². The van der Waals surface area contributed by atoms with E-state index in [1.807, 2.05) is 12.1 Å². The van der Waals surface area contributed by atoms with E-state index >= 15 is 0 Å². The fourth-order valence-electron chi connectivity index (χ4n) is 2.98. The first-order valence-corrected chi connectivity index (χ1v) is 9.18. The Hall–Kier alpha value is -1.53. The molecule has 1 fully saturated rings. The molecule has 8 heteroatoms. The van der Waals surface area contributed by atoms with Crippen LogP contribution in [0.15, 0.2) is 30.3 Å². The zero-order chi connectivity index (χ0) is 18.8. The number of carbonyl (C=O) groups excluding carboxylic acids is 1. The number of hydrogen-bond acceptors (Lipinski definition) is 3. The van der Waals surface area contributed by atoms with E-state index in [1.165, 1.54) is 12.1 Å². The van der Waals surface area contributed by atoms with Crippen LogP contribution in [0.25, 0.3) is 0 Å². The smallest absolute Gasteiger partial charge is 0.251 e. The topological polar surface area (TPSA) is 49.6 Å². The van der Waals surface area contributed by atoms with Crippen molar-refractivity contribution in [3.8, 4) is 0 Å². The molecule has 138 valence electrons. The second-order valence-electron chi connectivity index (χ2n) is 6.15. The summed E-state index contributed by atoms with van der Waals surface area (Å²) in [7, 11) is 0. The predicted octanol–water partition coefficient (Wildman–Crippen LogP) is 4.21. The summed E-state index contributed by atoms with van der Waals surface area (Å²) >= 11 is 18.2. The molecule has 2 aromatic carbocycles. The van der Waals surface area contributed by atoms with Gasteiger partial charge in [0.25, 0.3) is 5.91 Å². The number of piperazine rings is 1. The standard InChI is InChI=1S/C18H17Cl3FN3O/c19-14-2-1-12(8-16(14)21)25-5-3-24(4-6-25)10-11-7-17(22)13(18(23)26)9-15(11)20/h1-2,7-9H,3-6,10H2,(H2,23,26). The number of rotatable bonds is 4. The minimum atomic E-state index is -0.828. The molecule has 1 saturated heterocycles. The number of anilines is 1. The van der Waals surface area contributed by atoms with Gasteiger partial charge in [-0.15, -0.1) is 0 Å². The summed E-state index contributed by atoms with van der Waals surface area (Å²) < 4.78 is 14.0. The predicted molar refractivity (Wildman–Crippen MR) is 104 cm³/mol. The second-order valence-corrected chi connectivity index (χ2v) is 7.37. The number of nitrogens with zero attached hydrogens (tertiary/aromatic N) is 2. The molecule has 2 N–H and O–H groups in total. The van der Waals surface area contributed by atoms with Crippen molar-refractivity contribution in [3.63, 3.8) is 0 Å². The zero-order valence-corrected chi connectivity index (χ0v) is 16.1. The van der Waals surface area contributed by atoms with Gasteiger partial charge in [0.15, 0.2) is 0 Å². The van der Waals surface area contributed by atoms with Gasteiger partial charge >= 0.3 is 0 Å². The van der Waals surface area contributed by atoms with E-state index in [1.54, 1.807) is 6.07 Å². The molecule has 2 aromatic rings. The molecule has 0 spiro atoms. The third kappa shape index (κ3) is 4.23. The number of nitrogens with two attached hydrogens (primary N) is 1. The van der Waals surface area contributed by atoms with E-state index < -0.39 is 11.7 Å². The van der Waals surface area contributed by atoms with Crippen LogP contribution in [-0.2, 0) is 6.54 Å². The highest BCUT2D eigenvalue weighted by atomic mass is 35.5. The number of hydrogen-bond donors (Lipinski definition) is 1. The molecule has 0 bridgehead atoms. The van der Waals surface area contributed by atoms with Crippen LogP contribution in [0.3, 0.4) is 0 Å². The number of halogens is 4. The van der Waals surface area contributed by atoms with Crippen molar-refractivity contribution >= 4 is 46.4 Å². The summed E-state index contributed by atoms with van der Waals surface area (Å²) in [6.07, 6.45) is 0. The normalized spacial score (nSPS) is 15.3. The molecule has 0 radical (unpaired) electrons. The molecule has 0 aliphatic carbocycles. The molecule has 1 aliphatic rings. The Bertz CT molecular complexity index is 839. The maximum absolute atomic E-state index is 14.0. The van der Waals surface area contributed by atoms with Gasteiger partial charge in [0.05, 0.1) is 15.6 Å². The zero-order valence-electron chi connectivity index (χ0n) is 13.8. The van der Waals surface area contributed by atoms with E-state index in [0.717, 1.165) is 31.9 Å². The summed E-state index contributed by atoms with van der Waals surface area (Å²) in [4.78, 5) is 15.6. The van der Waals surface area contributed by atoms with Crippen molar-refractivity contribution in [1.29, 1.82) is 0 Å². The van der Waals surface area contributed by atoms with Crippen molar-refractivity contribution in [2.24, 2.45) is 5.73 Å². The molecule has 1 heterocycles. The van der Waals surface area contributed by atoms with Crippen LogP contribution in [0.1, 0.15) is 15.9 Å². The average Bonchev–Trinajstić information content (AvgIpc) is 2.60. The molecule has 0 saturated carbocycles. The maximum Gasteiger partial charge on any atom is 0.251 e. The molecule has 0 aromatic heterocycles. The fourth-order valence-corrected chi connectivity index (χ4v) is 3.50. The monoisotopic (exact) mass is 415 g/mol. The lowest BCUT2D eigenvalue weighted by Gasteiger charge is -2.36. The van der Waals surface area contributed by atoms with Gasteiger partial charge in [-0.3, -0.25) is 9.69 Å². The van der Waals surface area contributed by atoms with Crippen LogP contribution in [0.2, 0.25) is 15.1 Å². The summed E-state index contributed by atoms with van der Waals surface area (Å²) in [6.45, 7) is 3.68. The first kappa shape index (κ1) is 19.2. The minimum Gasteiger partial charge on any atom is -0.369 e. The number of amides is 1. The van der Waals surface area contributed by atoms with Gasteiger partial charge in [0, 0.05) is 43.4 Å². The highest BCUT2D eigenvalue weighted by molar-refractivity contribution is 6.42. The van der Waals surface area contributed by atoms with Gasteiger partial charge in [-0.05, 0) is 35.9 Å². The van der Waals surface area contributed by atoms with Crippen molar-refractivity contribution in [1.82, 2.24) is 4.90 Å². The van der Waals surface area contributed by atoms with E-state index in [-0.39, 0.29) is 5.56 Å². The van der Waals surface area contributed by atoms with E-state index in [4.69, 9.17) is 40.5 Å². The highest BCUT2D eigenvalue weighted by Gasteiger charge is 2.20. The van der Waals surface area contributed by atoms with E-state index in [2.05, 4.69) is 9.80 Å². The SMILES string of the molecule is NC(=O)c1cc(Cl)c(CN2CCN(c3ccc(Cl)c(Cl)c3)CC2)cc1F. The van der Waals surface area contributed by atoms with Gasteiger partial charge < -0.3 is 10.6 Å². The van der Waals surface area contributed by atoms with Crippen LogP contribution < -0.4 is 10.6 Å². The molecule has 26 heavy (non-hydrogen) atoms. The Morgan fingerprint density at radius 1 is 1.00 bits per heavy atom. The lowest BCUT2D eigenvalue weighted by atomic mass is 10.1. The van der Waals surface area contributed by atoms with Gasteiger partial charge in [-0.2, -0.15) is 0 Å². The summed E-state index contributed by atoms with van der Waals surface area (Å²) in [5, 5.41) is 1.40. The summed E-state index contributed by atoms with van der Waals surface area (Å²) in [6, 6.07) is 8.16. The molecular weight excluding hydrogens is 400 g/mol. The van der Waals surface area contributed by atoms with Gasteiger partial charge in [0.2, 0.25) is 0 Å². The maximum atomic E-state index is 14.0. The minimum absolute atomic E-state index is 0.191. The molecule has 3 rings (SSSR count). The van der Waals surface area contributed by atoms with Gasteiger partial charge in [-0.25, -0.2) is 4.39 Å². The Morgan fingerprint density at radius 2 is 1.69 bits per heavy atom. The molecule has 1 aliphatic heterocycles. The van der Waals surface area contributed by atoms with Crippen molar-refractivity contribution in [3.05, 3.63) is 62.3 Å². The first-order valence-electron chi connectivity index (χ1n) is 8.05. The molecule has 0 unspecified atom stereocenters. The second kappa shape index (κ2) is 8.01. The van der Waals surface area contributed by atoms with Crippen LogP contribution >= 0.6 is 34.8 Å². The van der Waals surface area contributed by atoms with Crippen LogP contribution in [0.5, 0.6) is 0 Å². The molecule has 1 amide bonds. The first-order chi connectivity index (χ1) is 12.3. The summed E-state index contributed by atoms with van der Waals surface area (Å²) in [5.74, 6) is -1.47. The molecule has 0 atom stereocenters.